The highest BCUT2D eigenvalue weighted by Crippen LogP contribution is 2.15. The number of ether oxygens (including phenoxy) is 1. The van der Waals surface area contributed by atoms with E-state index in [-0.39, 0.29) is 0 Å². The van der Waals surface area contributed by atoms with E-state index in [4.69, 9.17) is 4.74 Å². The molecule has 0 saturated carbocycles. The average molecular weight is 273 g/mol. The first-order valence-electron chi connectivity index (χ1n) is 7.05. The fourth-order valence-electron chi connectivity index (χ4n) is 2.40. The number of methoxy groups -OCH3 is 1. The zero-order valence-corrected chi connectivity index (χ0v) is 12.5. The molecule has 4 nitrogen and oxygen atoms in total. The van der Waals surface area contributed by atoms with E-state index in [0.29, 0.717) is 6.04 Å². The molecule has 1 unspecified atom stereocenters. The van der Waals surface area contributed by atoms with Crippen LogP contribution in [0.15, 0.2) is 36.7 Å². The molecule has 0 amide bonds. The number of hydrogen-bond acceptors (Lipinski definition) is 3. The summed E-state index contributed by atoms with van der Waals surface area (Å²) < 4.78 is 7.36. The summed E-state index contributed by atoms with van der Waals surface area (Å²) in [5.41, 5.74) is 1.28. The normalized spacial score (nSPS) is 12.3. The highest BCUT2D eigenvalue weighted by molar-refractivity contribution is 5.29. The van der Waals surface area contributed by atoms with Crippen LogP contribution in [0.2, 0.25) is 0 Å². The first-order valence-corrected chi connectivity index (χ1v) is 7.05. The highest BCUT2D eigenvalue weighted by Gasteiger charge is 2.12. The lowest BCUT2D eigenvalue weighted by Crippen LogP contribution is -2.33. The van der Waals surface area contributed by atoms with Crippen molar-refractivity contribution in [1.29, 1.82) is 0 Å². The van der Waals surface area contributed by atoms with Crippen molar-refractivity contribution in [2.75, 3.05) is 13.7 Å². The van der Waals surface area contributed by atoms with Gasteiger partial charge in [0.05, 0.1) is 7.11 Å². The molecular weight excluding hydrogens is 250 g/mol. The van der Waals surface area contributed by atoms with Gasteiger partial charge in [-0.1, -0.05) is 19.1 Å². The van der Waals surface area contributed by atoms with Gasteiger partial charge in [-0.3, -0.25) is 0 Å². The van der Waals surface area contributed by atoms with Crippen molar-refractivity contribution in [3.8, 4) is 5.75 Å². The standard InChI is InChI=1S/C16H23N3O/c1-4-17-14(12-16-18-8-9-19(16)2)10-13-6-5-7-15(11-13)20-3/h5-9,11,14,17H,4,10,12H2,1-3H3. The van der Waals surface area contributed by atoms with Crippen LogP contribution >= 0.6 is 0 Å². The molecule has 0 fully saturated rings. The third kappa shape index (κ3) is 3.84. The highest BCUT2D eigenvalue weighted by atomic mass is 16.5. The number of rotatable bonds is 7. The number of nitrogens with one attached hydrogen (secondary N) is 1. The lowest BCUT2D eigenvalue weighted by atomic mass is 10.0. The minimum absolute atomic E-state index is 0.383. The van der Waals surface area contributed by atoms with Crippen LogP contribution in [0.4, 0.5) is 0 Å². The van der Waals surface area contributed by atoms with E-state index in [1.165, 1.54) is 5.56 Å². The van der Waals surface area contributed by atoms with Crippen LogP contribution in [0.1, 0.15) is 18.3 Å². The third-order valence-corrected chi connectivity index (χ3v) is 3.46. The van der Waals surface area contributed by atoms with Gasteiger partial charge < -0.3 is 14.6 Å². The van der Waals surface area contributed by atoms with E-state index in [0.717, 1.165) is 31.0 Å². The van der Waals surface area contributed by atoms with E-state index in [1.54, 1.807) is 7.11 Å². The summed E-state index contributed by atoms with van der Waals surface area (Å²) in [6.45, 7) is 3.09. The van der Waals surface area contributed by atoms with Crippen molar-refractivity contribution in [3.63, 3.8) is 0 Å². The topological polar surface area (TPSA) is 39.1 Å². The molecule has 1 aromatic carbocycles. The van der Waals surface area contributed by atoms with Gasteiger partial charge in [0.2, 0.25) is 0 Å². The molecule has 1 heterocycles. The minimum atomic E-state index is 0.383. The molecule has 0 saturated heterocycles. The van der Waals surface area contributed by atoms with E-state index in [1.807, 2.05) is 31.6 Å². The average Bonchev–Trinajstić information content (AvgIpc) is 2.85. The molecule has 0 aliphatic carbocycles. The van der Waals surface area contributed by atoms with Crippen molar-refractivity contribution >= 4 is 0 Å². The maximum absolute atomic E-state index is 5.28. The zero-order valence-electron chi connectivity index (χ0n) is 12.5. The molecule has 20 heavy (non-hydrogen) atoms. The Hall–Kier alpha value is -1.81. The fourth-order valence-corrected chi connectivity index (χ4v) is 2.40. The predicted molar refractivity (Wildman–Crippen MR) is 81.1 cm³/mol. The lowest BCUT2D eigenvalue weighted by molar-refractivity contribution is 0.413. The van der Waals surface area contributed by atoms with Gasteiger partial charge in [0.25, 0.3) is 0 Å². The summed E-state index contributed by atoms with van der Waals surface area (Å²) >= 11 is 0. The van der Waals surface area contributed by atoms with Crippen molar-refractivity contribution in [2.24, 2.45) is 7.05 Å². The quantitative estimate of drug-likeness (QED) is 0.840. The Labute approximate surface area is 120 Å². The zero-order chi connectivity index (χ0) is 14.4. The Morgan fingerprint density at radius 3 is 2.85 bits per heavy atom. The maximum Gasteiger partial charge on any atom is 0.119 e. The van der Waals surface area contributed by atoms with E-state index in [9.17, 15) is 0 Å². The number of benzene rings is 1. The molecule has 1 aromatic heterocycles. The Morgan fingerprint density at radius 2 is 2.20 bits per heavy atom. The van der Waals surface area contributed by atoms with Crippen LogP contribution in [0.3, 0.4) is 0 Å². The van der Waals surface area contributed by atoms with Crippen LogP contribution in [-0.2, 0) is 19.9 Å². The lowest BCUT2D eigenvalue weighted by Gasteiger charge is -2.18. The second-order valence-corrected chi connectivity index (χ2v) is 4.97. The SMILES string of the molecule is CCNC(Cc1cccc(OC)c1)Cc1nccn1C. The van der Waals surface area contributed by atoms with Crippen molar-refractivity contribution in [3.05, 3.63) is 48.0 Å². The molecular formula is C16H23N3O. The monoisotopic (exact) mass is 273 g/mol. The molecule has 0 aliphatic heterocycles. The smallest absolute Gasteiger partial charge is 0.119 e. The molecule has 4 heteroatoms. The van der Waals surface area contributed by atoms with Crippen molar-refractivity contribution in [2.45, 2.75) is 25.8 Å². The summed E-state index contributed by atoms with van der Waals surface area (Å²) in [5.74, 6) is 2.02. The van der Waals surface area contributed by atoms with E-state index in [2.05, 4.69) is 33.9 Å². The van der Waals surface area contributed by atoms with Gasteiger partial charge in [-0.15, -0.1) is 0 Å². The Balaban J connectivity index is 2.06. The van der Waals surface area contributed by atoms with Gasteiger partial charge in [-0.05, 0) is 30.7 Å². The summed E-state index contributed by atoms with van der Waals surface area (Å²) in [6, 6.07) is 8.64. The number of imidazole rings is 1. The second kappa shape index (κ2) is 7.10. The molecule has 0 aliphatic rings. The largest absolute Gasteiger partial charge is 0.497 e. The van der Waals surface area contributed by atoms with Crippen molar-refractivity contribution in [1.82, 2.24) is 14.9 Å². The predicted octanol–water partition coefficient (Wildman–Crippen LogP) is 2.19. The second-order valence-electron chi connectivity index (χ2n) is 4.97. The first kappa shape index (κ1) is 14.6. The van der Waals surface area contributed by atoms with E-state index < -0.39 is 0 Å². The van der Waals surface area contributed by atoms with Crippen LogP contribution < -0.4 is 10.1 Å². The summed E-state index contributed by atoms with van der Waals surface area (Å²) in [6.07, 6.45) is 5.74. The van der Waals surface area contributed by atoms with Gasteiger partial charge in [0.15, 0.2) is 0 Å². The number of likely N-dealkylation sites (N-methyl/N-ethyl adjacent to an activating group) is 1. The molecule has 2 rings (SSSR count). The molecule has 2 aromatic rings. The van der Waals surface area contributed by atoms with Crippen molar-refractivity contribution < 1.29 is 4.74 Å². The molecule has 1 N–H and O–H groups in total. The number of aromatic nitrogens is 2. The third-order valence-electron chi connectivity index (χ3n) is 3.46. The number of nitrogens with zero attached hydrogens (tertiary/aromatic N) is 2. The van der Waals surface area contributed by atoms with Crippen LogP contribution in [0.5, 0.6) is 5.75 Å². The molecule has 0 radical (unpaired) electrons. The fraction of sp³-hybridized carbons (Fsp3) is 0.438. The van der Waals surface area contributed by atoms with Gasteiger partial charge in [0.1, 0.15) is 11.6 Å². The van der Waals surface area contributed by atoms with Crippen LogP contribution in [-0.4, -0.2) is 29.2 Å². The molecule has 0 bridgehead atoms. The van der Waals surface area contributed by atoms with Gasteiger partial charge in [0, 0.05) is 31.9 Å². The Kier molecular flexibility index (Phi) is 5.18. The minimum Gasteiger partial charge on any atom is -0.497 e. The Morgan fingerprint density at radius 1 is 1.35 bits per heavy atom. The molecule has 1 atom stereocenters. The van der Waals surface area contributed by atoms with E-state index >= 15 is 0 Å². The van der Waals surface area contributed by atoms with Crippen LogP contribution in [0, 0.1) is 0 Å². The molecule has 108 valence electrons. The van der Waals surface area contributed by atoms with Gasteiger partial charge in [-0.2, -0.15) is 0 Å². The summed E-state index contributed by atoms with van der Waals surface area (Å²) in [7, 11) is 3.74. The summed E-state index contributed by atoms with van der Waals surface area (Å²) in [4.78, 5) is 4.41. The maximum atomic E-state index is 5.28. The van der Waals surface area contributed by atoms with Gasteiger partial charge in [-0.25, -0.2) is 4.98 Å². The molecule has 0 spiro atoms. The Bertz CT molecular complexity index is 536. The number of hydrogen-bond donors (Lipinski definition) is 1. The number of aryl methyl sites for hydroxylation is 1. The summed E-state index contributed by atoms with van der Waals surface area (Å²) in [5, 5.41) is 3.54. The van der Waals surface area contributed by atoms with Crippen LogP contribution in [0.25, 0.3) is 0 Å². The van der Waals surface area contributed by atoms with Gasteiger partial charge >= 0.3 is 0 Å². The first-order chi connectivity index (χ1) is 9.72.